The molecular weight excluding hydrogens is 1280 g/mol. The maximum Gasteiger partial charge on any atom is 0.472 e. The van der Waals surface area contributed by atoms with E-state index < -0.39 is 97.5 Å². The van der Waals surface area contributed by atoms with E-state index in [9.17, 15) is 43.2 Å². The fourth-order valence-corrected chi connectivity index (χ4v) is 13.8. The molecule has 0 heterocycles. The first-order valence-corrected chi connectivity index (χ1v) is 44.0. The highest BCUT2D eigenvalue weighted by Gasteiger charge is 2.30. The van der Waals surface area contributed by atoms with Gasteiger partial charge in [0.25, 0.3) is 0 Å². The van der Waals surface area contributed by atoms with Gasteiger partial charge in [-0.3, -0.25) is 37.3 Å². The van der Waals surface area contributed by atoms with Crippen LogP contribution in [0.1, 0.15) is 414 Å². The summed E-state index contributed by atoms with van der Waals surface area (Å²) >= 11 is 0. The molecule has 0 spiro atoms. The van der Waals surface area contributed by atoms with Gasteiger partial charge in [0.15, 0.2) is 12.2 Å². The van der Waals surface area contributed by atoms with Crippen molar-refractivity contribution >= 4 is 39.5 Å². The Labute approximate surface area is 600 Å². The molecule has 0 saturated carbocycles. The Hall–Kier alpha value is -1.94. The lowest BCUT2D eigenvalue weighted by Crippen LogP contribution is -2.30. The number of aliphatic hydroxyl groups is 1. The summed E-state index contributed by atoms with van der Waals surface area (Å²) in [5, 5.41) is 10.6. The second kappa shape index (κ2) is 70.7. The lowest BCUT2D eigenvalue weighted by atomic mass is 10.0. The highest BCUT2D eigenvalue weighted by atomic mass is 31.2. The van der Waals surface area contributed by atoms with Gasteiger partial charge in [0, 0.05) is 25.7 Å². The van der Waals surface area contributed by atoms with Gasteiger partial charge in [0.05, 0.1) is 26.4 Å². The van der Waals surface area contributed by atoms with E-state index in [0.717, 1.165) is 115 Å². The summed E-state index contributed by atoms with van der Waals surface area (Å²) in [6.07, 6.45) is 60.0. The predicted molar refractivity (Wildman–Crippen MR) is 400 cm³/mol. The van der Waals surface area contributed by atoms with Crippen molar-refractivity contribution in [3.05, 3.63) is 0 Å². The molecule has 0 aliphatic carbocycles. The Morgan fingerprint density at radius 2 is 0.469 bits per heavy atom. The first kappa shape index (κ1) is 96.1. The van der Waals surface area contributed by atoms with E-state index in [1.165, 1.54) is 218 Å². The van der Waals surface area contributed by atoms with Gasteiger partial charge in [-0.05, 0) is 37.5 Å². The topological polar surface area (TPSA) is 237 Å². The molecular formula is C79H154O17P2. The minimum atomic E-state index is -4.96. The van der Waals surface area contributed by atoms with E-state index >= 15 is 0 Å². The normalized spacial score (nSPS) is 13.9. The zero-order valence-corrected chi connectivity index (χ0v) is 65.9. The van der Waals surface area contributed by atoms with E-state index in [2.05, 4.69) is 41.5 Å². The summed E-state index contributed by atoms with van der Waals surface area (Å²) in [6.45, 7) is 9.57. The van der Waals surface area contributed by atoms with Gasteiger partial charge in [-0.1, -0.05) is 363 Å². The zero-order chi connectivity index (χ0) is 72.1. The molecule has 3 N–H and O–H groups in total. The zero-order valence-electron chi connectivity index (χ0n) is 64.1. The van der Waals surface area contributed by atoms with Gasteiger partial charge in [0.1, 0.15) is 19.3 Å². The average Bonchev–Trinajstić information content (AvgIpc) is 1.03. The van der Waals surface area contributed by atoms with Crippen LogP contribution in [0.15, 0.2) is 0 Å². The molecule has 19 heteroatoms. The SMILES string of the molecule is CCCCCCCCCCCCCCCCCCCCCCCCC(=O)O[C@H](COC(=O)CCCCCCCCCCCCCCCCC(C)C)COP(=O)(O)OC[C@@H](O)COP(=O)(O)OC[C@@H](COC(=O)CCCCCCCCC)OC(=O)CCCCCCCCCCCC(C)C. The number of carbonyl (C=O) groups is 4. The van der Waals surface area contributed by atoms with Crippen LogP contribution >= 0.6 is 15.6 Å². The van der Waals surface area contributed by atoms with E-state index in [4.69, 9.17) is 37.0 Å². The van der Waals surface area contributed by atoms with Crippen molar-refractivity contribution in [2.24, 2.45) is 11.8 Å². The van der Waals surface area contributed by atoms with E-state index in [-0.39, 0.29) is 25.7 Å². The third-order valence-electron chi connectivity index (χ3n) is 18.5. The summed E-state index contributed by atoms with van der Waals surface area (Å²) in [6, 6.07) is 0. The van der Waals surface area contributed by atoms with Crippen molar-refractivity contribution in [1.82, 2.24) is 0 Å². The molecule has 0 aliphatic rings. The Morgan fingerprint density at radius 3 is 0.694 bits per heavy atom. The first-order valence-electron chi connectivity index (χ1n) is 41.0. The average molecular weight is 1440 g/mol. The fourth-order valence-electron chi connectivity index (χ4n) is 12.2. The number of hydrogen-bond donors (Lipinski definition) is 3. The van der Waals surface area contributed by atoms with Crippen molar-refractivity contribution in [2.75, 3.05) is 39.6 Å². The predicted octanol–water partition coefficient (Wildman–Crippen LogP) is 23.5. The second-order valence-electron chi connectivity index (χ2n) is 29.4. The minimum absolute atomic E-state index is 0.105. The molecule has 0 radical (unpaired) electrons. The molecule has 0 amide bonds. The van der Waals surface area contributed by atoms with Crippen molar-refractivity contribution in [1.29, 1.82) is 0 Å². The summed E-state index contributed by atoms with van der Waals surface area (Å²) in [5.41, 5.74) is 0. The second-order valence-corrected chi connectivity index (χ2v) is 32.3. The summed E-state index contributed by atoms with van der Waals surface area (Å²) in [5.74, 6) is -0.583. The third-order valence-corrected chi connectivity index (χ3v) is 20.4. The molecule has 582 valence electrons. The smallest absolute Gasteiger partial charge is 0.462 e. The molecule has 0 aliphatic heterocycles. The molecule has 0 rings (SSSR count). The highest BCUT2D eigenvalue weighted by Crippen LogP contribution is 2.45. The number of aliphatic hydroxyl groups excluding tert-OH is 1. The van der Waals surface area contributed by atoms with Gasteiger partial charge >= 0.3 is 39.5 Å². The van der Waals surface area contributed by atoms with Crippen molar-refractivity contribution in [3.8, 4) is 0 Å². The van der Waals surface area contributed by atoms with Crippen molar-refractivity contribution in [2.45, 2.75) is 432 Å². The Balaban J connectivity index is 5.16. The summed E-state index contributed by atoms with van der Waals surface area (Å²) in [7, 11) is -9.91. The summed E-state index contributed by atoms with van der Waals surface area (Å²) in [4.78, 5) is 72.7. The van der Waals surface area contributed by atoms with Crippen LogP contribution < -0.4 is 0 Å². The van der Waals surface area contributed by atoms with Crippen LogP contribution in [0.25, 0.3) is 0 Å². The number of rotatable bonds is 78. The van der Waals surface area contributed by atoms with Crippen LogP contribution in [0.4, 0.5) is 0 Å². The van der Waals surface area contributed by atoms with Crippen LogP contribution in [0.2, 0.25) is 0 Å². The summed E-state index contributed by atoms with van der Waals surface area (Å²) < 4.78 is 68.5. The molecule has 0 saturated heterocycles. The molecule has 17 nitrogen and oxygen atoms in total. The molecule has 0 bridgehead atoms. The van der Waals surface area contributed by atoms with Gasteiger partial charge < -0.3 is 33.8 Å². The van der Waals surface area contributed by atoms with E-state index in [1.54, 1.807) is 0 Å². The van der Waals surface area contributed by atoms with Gasteiger partial charge in [-0.2, -0.15) is 0 Å². The molecule has 98 heavy (non-hydrogen) atoms. The van der Waals surface area contributed by atoms with Crippen molar-refractivity contribution < 1.29 is 80.2 Å². The first-order chi connectivity index (χ1) is 47.4. The number of phosphoric ester groups is 2. The lowest BCUT2D eigenvalue weighted by Gasteiger charge is -2.21. The molecule has 0 aromatic rings. The number of hydrogen-bond acceptors (Lipinski definition) is 15. The standard InChI is InChI=1S/C79H154O17P2/c1-7-9-11-13-15-16-17-18-19-20-21-22-23-24-25-26-31-34-39-45-51-57-63-78(83)96-75(68-90-77(82)62-56-50-44-38-33-30-28-27-29-32-36-42-47-53-59-71(3)4)70-94-98(87,88)92-66-73(80)65-91-97(85,86)93-69-74(67-89-76(81)61-55-49-41-14-12-10-8-2)95-79(84)64-58-52-46-40-35-37-43-48-54-60-72(5)6/h71-75,80H,7-70H2,1-6H3,(H,85,86)(H,87,88)/t73-,74+,75+/m0/s1. The Morgan fingerprint density at radius 1 is 0.276 bits per heavy atom. The number of esters is 4. The van der Waals surface area contributed by atoms with Gasteiger partial charge in [-0.25, -0.2) is 9.13 Å². The maximum absolute atomic E-state index is 13.1. The molecule has 5 atom stereocenters. The number of unbranched alkanes of at least 4 members (excludes halogenated alkanes) is 48. The van der Waals surface area contributed by atoms with E-state index in [0.29, 0.717) is 25.7 Å². The van der Waals surface area contributed by atoms with Crippen LogP contribution in [0, 0.1) is 11.8 Å². The highest BCUT2D eigenvalue weighted by molar-refractivity contribution is 7.47. The maximum atomic E-state index is 13.1. The minimum Gasteiger partial charge on any atom is -0.462 e. The number of carbonyl (C=O) groups excluding carboxylic acids is 4. The largest absolute Gasteiger partial charge is 0.472 e. The monoisotopic (exact) mass is 1440 g/mol. The molecule has 0 aromatic heterocycles. The fraction of sp³-hybridized carbons (Fsp3) is 0.949. The number of ether oxygens (including phenoxy) is 4. The van der Waals surface area contributed by atoms with Crippen LogP contribution in [-0.4, -0.2) is 96.7 Å². The Bertz CT molecular complexity index is 1890. The lowest BCUT2D eigenvalue weighted by molar-refractivity contribution is -0.161. The van der Waals surface area contributed by atoms with Crippen LogP contribution in [-0.2, 0) is 65.4 Å². The van der Waals surface area contributed by atoms with Gasteiger partial charge in [0.2, 0.25) is 0 Å². The van der Waals surface area contributed by atoms with Crippen LogP contribution in [0.3, 0.4) is 0 Å². The van der Waals surface area contributed by atoms with Crippen LogP contribution in [0.5, 0.6) is 0 Å². The molecule has 2 unspecified atom stereocenters. The number of phosphoric acid groups is 2. The molecule has 0 fully saturated rings. The van der Waals surface area contributed by atoms with Crippen molar-refractivity contribution in [3.63, 3.8) is 0 Å². The Kier molecular flexibility index (Phi) is 69.3. The van der Waals surface area contributed by atoms with Gasteiger partial charge in [-0.15, -0.1) is 0 Å². The van der Waals surface area contributed by atoms with E-state index in [1.807, 2.05) is 0 Å². The third kappa shape index (κ3) is 72.4. The quantitative estimate of drug-likeness (QED) is 0.0222. The molecule has 0 aromatic carbocycles.